The summed E-state index contributed by atoms with van der Waals surface area (Å²) in [4.78, 5) is 8.38. The van der Waals surface area contributed by atoms with Crippen molar-refractivity contribution in [2.24, 2.45) is 40.9 Å². The molecule has 366 valence electrons. The molecular formula is C69H72BN3. The van der Waals surface area contributed by atoms with E-state index in [1.54, 1.807) is 16.7 Å². The van der Waals surface area contributed by atoms with Crippen LogP contribution in [0.2, 0.25) is 0 Å². The van der Waals surface area contributed by atoms with Crippen LogP contribution < -0.4 is 31.1 Å². The van der Waals surface area contributed by atoms with Crippen LogP contribution in [0.5, 0.6) is 0 Å². The highest BCUT2D eigenvalue weighted by molar-refractivity contribution is 7.01. The molecule has 0 radical (unpaired) electrons. The van der Waals surface area contributed by atoms with Crippen LogP contribution in [-0.2, 0) is 27.1 Å². The molecule has 9 aliphatic carbocycles. The van der Waals surface area contributed by atoms with Crippen LogP contribution in [0.4, 0.5) is 45.5 Å². The fourth-order valence-corrected chi connectivity index (χ4v) is 21.9. The quantitative estimate of drug-likeness (QED) is 0.159. The number of hydrogen-bond acceptors (Lipinski definition) is 3. The van der Waals surface area contributed by atoms with E-state index in [-0.39, 0.29) is 28.5 Å². The third-order valence-electron chi connectivity index (χ3n) is 25.3. The van der Waals surface area contributed by atoms with E-state index >= 15 is 0 Å². The molecule has 4 heteroatoms. The third-order valence-corrected chi connectivity index (χ3v) is 25.3. The molecule has 6 bridgehead atoms. The van der Waals surface area contributed by atoms with Crippen molar-refractivity contribution in [2.75, 3.05) is 14.7 Å². The highest BCUT2D eigenvalue weighted by atomic mass is 15.3. The highest BCUT2D eigenvalue weighted by Crippen LogP contribution is 2.84. The summed E-state index contributed by atoms with van der Waals surface area (Å²) in [7, 11) is 0. The molecule has 6 aromatic rings. The Kier molecular flexibility index (Phi) is 7.42. The van der Waals surface area contributed by atoms with Crippen LogP contribution >= 0.6 is 0 Å². The molecule has 0 N–H and O–H groups in total. The number of benzene rings is 6. The molecule has 13 aliphatic rings. The molecule has 1 spiro atoms. The van der Waals surface area contributed by atoms with Crippen molar-refractivity contribution >= 4 is 68.6 Å². The largest absolute Gasteiger partial charge is 0.334 e. The van der Waals surface area contributed by atoms with Gasteiger partial charge in [-0.1, -0.05) is 115 Å². The molecule has 6 unspecified atom stereocenters. The Morgan fingerprint density at radius 2 is 1.10 bits per heavy atom. The van der Waals surface area contributed by atoms with Gasteiger partial charge >= 0.3 is 0 Å². The van der Waals surface area contributed by atoms with E-state index < -0.39 is 0 Å². The van der Waals surface area contributed by atoms with Gasteiger partial charge in [0, 0.05) is 56.3 Å². The molecule has 0 amide bonds. The number of fused-ring (bicyclic) bond motifs is 4. The molecular weight excluding hydrogens is 882 g/mol. The maximum absolute atomic E-state index is 2.88. The third kappa shape index (κ3) is 4.64. The smallest absolute Gasteiger partial charge is 0.252 e. The van der Waals surface area contributed by atoms with Gasteiger partial charge in [-0.15, -0.1) is 0 Å². The van der Waals surface area contributed by atoms with Gasteiger partial charge in [-0.3, -0.25) is 0 Å². The summed E-state index contributed by atoms with van der Waals surface area (Å²) in [6.45, 7) is 17.6. The molecule has 19 rings (SSSR count). The maximum Gasteiger partial charge on any atom is 0.252 e. The predicted octanol–water partition coefficient (Wildman–Crippen LogP) is 15.2. The van der Waals surface area contributed by atoms with Gasteiger partial charge in [0.25, 0.3) is 6.71 Å². The van der Waals surface area contributed by atoms with Crippen LogP contribution in [0.15, 0.2) is 115 Å². The summed E-state index contributed by atoms with van der Waals surface area (Å²) in [6, 6.07) is 48.3. The van der Waals surface area contributed by atoms with Crippen molar-refractivity contribution in [2.45, 2.75) is 165 Å². The summed E-state index contributed by atoms with van der Waals surface area (Å²) in [5.41, 5.74) is 25.8. The number of nitrogens with zero attached hydrogens (tertiary/aromatic N) is 3. The van der Waals surface area contributed by atoms with E-state index in [1.165, 1.54) is 162 Å². The molecule has 0 aromatic heterocycles. The monoisotopic (exact) mass is 954 g/mol. The zero-order valence-electron chi connectivity index (χ0n) is 44.5. The van der Waals surface area contributed by atoms with Crippen LogP contribution in [0, 0.1) is 40.9 Å². The second-order valence-corrected chi connectivity index (χ2v) is 29.1. The molecule has 3 nitrogen and oxygen atoms in total. The first-order chi connectivity index (χ1) is 35.2. The lowest BCUT2D eigenvalue weighted by atomic mass is 9.28. The molecule has 9 saturated carbocycles. The topological polar surface area (TPSA) is 9.72 Å². The summed E-state index contributed by atoms with van der Waals surface area (Å²) in [5.74, 6) is 5.81. The first kappa shape index (κ1) is 42.1. The second kappa shape index (κ2) is 12.9. The average molecular weight is 954 g/mol. The minimum atomic E-state index is -0.167. The van der Waals surface area contributed by atoms with E-state index in [4.69, 9.17) is 0 Å². The fourth-order valence-electron chi connectivity index (χ4n) is 21.9. The van der Waals surface area contributed by atoms with Gasteiger partial charge in [-0.25, -0.2) is 0 Å². The van der Waals surface area contributed by atoms with Crippen molar-refractivity contribution in [3.05, 3.63) is 149 Å². The lowest BCUT2D eigenvalue weighted by molar-refractivity contribution is -0.175. The van der Waals surface area contributed by atoms with Gasteiger partial charge in [0.1, 0.15) is 0 Å². The van der Waals surface area contributed by atoms with Crippen molar-refractivity contribution in [3.63, 3.8) is 0 Å². The Balaban J connectivity index is 0.885. The average Bonchev–Trinajstić information content (AvgIpc) is 4.40. The van der Waals surface area contributed by atoms with Crippen molar-refractivity contribution in [3.8, 4) is 0 Å². The SMILES string of the molecule is CC(C)(C)c1ccc2c(c1)C1(C)CCCCC1(C)N2c1cc2c3c(c1)N(c1ccc(C45CC6CC4CC6C5)cc1)c1cccc4c1B3c1c(cccc1C4(C)C)N2c1ccc(C23CC4CC5CC(C2)C54C3)cc1. The summed E-state index contributed by atoms with van der Waals surface area (Å²) in [6.07, 6.45) is 18.0. The lowest BCUT2D eigenvalue weighted by Crippen LogP contribution is -2.67. The normalized spacial score (nSPS) is 36.8. The van der Waals surface area contributed by atoms with E-state index in [1.807, 2.05) is 0 Å². The van der Waals surface area contributed by atoms with Crippen molar-refractivity contribution in [1.82, 2.24) is 0 Å². The maximum atomic E-state index is 2.88. The molecule has 6 aromatic carbocycles. The Morgan fingerprint density at radius 3 is 1.64 bits per heavy atom. The van der Waals surface area contributed by atoms with Gasteiger partial charge in [-0.05, 0) is 239 Å². The van der Waals surface area contributed by atoms with Gasteiger partial charge < -0.3 is 14.7 Å². The number of anilines is 8. The Morgan fingerprint density at radius 1 is 0.507 bits per heavy atom. The second-order valence-electron chi connectivity index (χ2n) is 29.1. The minimum absolute atomic E-state index is 0.0237. The fraction of sp³-hybridized carbons (Fsp3) is 0.478. The first-order valence-electron chi connectivity index (χ1n) is 29.4. The van der Waals surface area contributed by atoms with Crippen LogP contribution in [0.1, 0.15) is 165 Å². The van der Waals surface area contributed by atoms with E-state index in [2.05, 4.69) is 178 Å². The minimum Gasteiger partial charge on any atom is -0.334 e. The van der Waals surface area contributed by atoms with E-state index in [0.717, 1.165) is 35.5 Å². The van der Waals surface area contributed by atoms with Crippen LogP contribution in [0.3, 0.4) is 0 Å². The molecule has 4 heterocycles. The molecule has 73 heavy (non-hydrogen) atoms. The van der Waals surface area contributed by atoms with Crippen LogP contribution in [0.25, 0.3) is 0 Å². The lowest BCUT2D eigenvalue weighted by Gasteiger charge is -2.66. The van der Waals surface area contributed by atoms with Crippen molar-refractivity contribution in [1.29, 1.82) is 0 Å². The van der Waals surface area contributed by atoms with Gasteiger partial charge in [0.05, 0.1) is 5.54 Å². The predicted molar refractivity (Wildman–Crippen MR) is 302 cm³/mol. The Hall–Kier alpha value is -5.22. The zero-order valence-corrected chi connectivity index (χ0v) is 44.5. The van der Waals surface area contributed by atoms with Gasteiger partial charge in [0.15, 0.2) is 0 Å². The summed E-state index contributed by atoms with van der Waals surface area (Å²) < 4.78 is 0. The molecule has 6 atom stereocenters. The summed E-state index contributed by atoms with van der Waals surface area (Å²) >= 11 is 0. The summed E-state index contributed by atoms with van der Waals surface area (Å²) in [5, 5.41) is 0. The Labute approximate surface area is 435 Å². The van der Waals surface area contributed by atoms with Crippen molar-refractivity contribution < 1.29 is 0 Å². The Bertz CT molecular complexity index is 3450. The highest BCUT2D eigenvalue weighted by Gasteiger charge is 2.77. The first-order valence-corrected chi connectivity index (χ1v) is 29.4. The number of rotatable bonds is 5. The molecule has 4 aliphatic heterocycles. The molecule has 9 fully saturated rings. The standard InChI is InChI=1S/C69H72BN3/c1-63(2,3)44-20-25-55-54(32-44)65(6)26-8-9-27-66(65,7)73(55)51-33-58-62-59(34-51)72(50-23-18-43(19-24-50)68-35-40-28-45(68)29-41(40)36-68)57-15-11-13-53-61(57)70(62)60-52(64(53,4)5)12-10-14-56(60)71(58)49-21-16-42(17-22-49)67-37-47-30-46-31-48(38-67)69(46,47)39-67/h10-25,32-34,40-41,45-48H,8-9,26-31,35-39H2,1-7H3. The van der Waals surface area contributed by atoms with Gasteiger partial charge in [-0.2, -0.15) is 0 Å². The van der Waals surface area contributed by atoms with E-state index in [9.17, 15) is 0 Å². The van der Waals surface area contributed by atoms with Crippen LogP contribution in [-0.4, -0.2) is 12.3 Å². The van der Waals surface area contributed by atoms with Gasteiger partial charge in [0.2, 0.25) is 0 Å². The van der Waals surface area contributed by atoms with E-state index in [0.29, 0.717) is 16.2 Å². The zero-order chi connectivity index (χ0) is 48.7. The number of hydrogen-bond donors (Lipinski definition) is 0. The molecule has 0 saturated heterocycles.